The molecule has 6 heteroatoms. The summed E-state index contributed by atoms with van der Waals surface area (Å²) in [6.45, 7) is 2.07. The second kappa shape index (κ2) is 7.25. The Hall–Kier alpha value is -3.12. The van der Waals surface area contributed by atoms with Crippen molar-refractivity contribution in [2.75, 3.05) is 12.4 Å². The molecule has 0 saturated carbocycles. The van der Waals surface area contributed by atoms with E-state index >= 15 is 0 Å². The standard InChI is InChI=1S/C21H19N3O2S/c1-3-14-6-4-5-7-17(14)22-20(25)19-13-27-21-23-18(12-24(19)21)15-8-10-16(26-2)11-9-15/h4-13H,3H2,1-2H3,(H,22,25). The molecule has 4 aromatic rings. The van der Waals surface area contributed by atoms with Crippen LogP contribution in [0.1, 0.15) is 23.0 Å². The number of ether oxygens (including phenoxy) is 1. The summed E-state index contributed by atoms with van der Waals surface area (Å²) in [5, 5.41) is 4.86. The lowest BCUT2D eigenvalue weighted by Crippen LogP contribution is -2.15. The van der Waals surface area contributed by atoms with E-state index in [9.17, 15) is 4.79 Å². The Morgan fingerprint density at radius 2 is 1.96 bits per heavy atom. The minimum Gasteiger partial charge on any atom is -0.497 e. The summed E-state index contributed by atoms with van der Waals surface area (Å²) < 4.78 is 7.04. The zero-order valence-electron chi connectivity index (χ0n) is 15.1. The van der Waals surface area contributed by atoms with Crippen molar-refractivity contribution in [3.8, 4) is 17.0 Å². The normalized spacial score (nSPS) is 10.9. The molecule has 2 aromatic carbocycles. The third kappa shape index (κ3) is 3.31. The molecule has 0 aliphatic rings. The maximum absolute atomic E-state index is 12.8. The molecular weight excluding hydrogens is 358 g/mol. The number of thiazole rings is 1. The van der Waals surface area contributed by atoms with Crippen LogP contribution in [0.15, 0.2) is 60.1 Å². The van der Waals surface area contributed by atoms with Crippen LogP contribution in [-0.4, -0.2) is 22.4 Å². The quantitative estimate of drug-likeness (QED) is 0.539. The van der Waals surface area contributed by atoms with E-state index in [2.05, 4.69) is 17.2 Å². The highest BCUT2D eigenvalue weighted by atomic mass is 32.1. The van der Waals surface area contributed by atoms with Crippen molar-refractivity contribution < 1.29 is 9.53 Å². The van der Waals surface area contributed by atoms with E-state index in [-0.39, 0.29) is 5.91 Å². The van der Waals surface area contributed by atoms with E-state index in [1.807, 2.05) is 64.5 Å². The molecule has 0 saturated heterocycles. The van der Waals surface area contributed by atoms with Crippen LogP contribution in [0.2, 0.25) is 0 Å². The molecule has 0 aliphatic carbocycles. The second-order valence-corrected chi connectivity index (χ2v) is 6.93. The van der Waals surface area contributed by atoms with Gasteiger partial charge in [0.1, 0.15) is 11.4 Å². The average molecular weight is 377 g/mol. The molecule has 4 rings (SSSR count). The average Bonchev–Trinajstić information content (AvgIpc) is 3.29. The Labute approximate surface area is 161 Å². The molecule has 0 fully saturated rings. The van der Waals surface area contributed by atoms with Gasteiger partial charge in [-0.15, -0.1) is 11.3 Å². The first-order valence-electron chi connectivity index (χ1n) is 8.70. The Morgan fingerprint density at radius 3 is 2.70 bits per heavy atom. The maximum atomic E-state index is 12.8. The van der Waals surface area contributed by atoms with Crippen LogP contribution in [0.5, 0.6) is 5.75 Å². The molecule has 1 N–H and O–H groups in total. The number of methoxy groups -OCH3 is 1. The lowest BCUT2D eigenvalue weighted by molar-refractivity contribution is 0.102. The number of nitrogens with zero attached hydrogens (tertiary/aromatic N) is 2. The van der Waals surface area contributed by atoms with Crippen molar-refractivity contribution in [2.24, 2.45) is 0 Å². The van der Waals surface area contributed by atoms with Crippen molar-refractivity contribution in [2.45, 2.75) is 13.3 Å². The monoisotopic (exact) mass is 377 g/mol. The highest BCUT2D eigenvalue weighted by molar-refractivity contribution is 7.15. The minimum absolute atomic E-state index is 0.138. The predicted octanol–water partition coefficient (Wildman–Crippen LogP) is 4.89. The van der Waals surface area contributed by atoms with Gasteiger partial charge in [0, 0.05) is 22.8 Å². The number of hydrogen-bond acceptors (Lipinski definition) is 4. The summed E-state index contributed by atoms with van der Waals surface area (Å²) >= 11 is 1.45. The maximum Gasteiger partial charge on any atom is 0.273 e. The van der Waals surface area contributed by atoms with Gasteiger partial charge in [0.2, 0.25) is 0 Å². The number of aryl methyl sites for hydroxylation is 1. The van der Waals surface area contributed by atoms with Gasteiger partial charge in [-0.05, 0) is 42.3 Å². The number of anilines is 1. The van der Waals surface area contributed by atoms with E-state index in [4.69, 9.17) is 4.74 Å². The van der Waals surface area contributed by atoms with Crippen molar-refractivity contribution in [3.63, 3.8) is 0 Å². The molecule has 1 amide bonds. The number of benzene rings is 2. The molecule has 5 nitrogen and oxygen atoms in total. The number of carbonyl (C=O) groups excluding carboxylic acids is 1. The first-order chi connectivity index (χ1) is 13.2. The van der Waals surface area contributed by atoms with Gasteiger partial charge in [-0.25, -0.2) is 4.98 Å². The van der Waals surface area contributed by atoms with Crippen LogP contribution < -0.4 is 10.1 Å². The number of para-hydroxylation sites is 1. The topological polar surface area (TPSA) is 55.6 Å². The van der Waals surface area contributed by atoms with E-state index in [1.165, 1.54) is 11.3 Å². The van der Waals surface area contributed by atoms with Gasteiger partial charge in [-0.1, -0.05) is 25.1 Å². The van der Waals surface area contributed by atoms with Crippen molar-refractivity contribution in [1.29, 1.82) is 0 Å². The highest BCUT2D eigenvalue weighted by Gasteiger charge is 2.16. The molecule has 0 atom stereocenters. The van der Waals surface area contributed by atoms with Gasteiger partial charge >= 0.3 is 0 Å². The smallest absolute Gasteiger partial charge is 0.273 e. The van der Waals surface area contributed by atoms with Crippen LogP contribution in [0.4, 0.5) is 5.69 Å². The summed E-state index contributed by atoms with van der Waals surface area (Å²) in [6.07, 6.45) is 2.76. The van der Waals surface area contributed by atoms with Crippen LogP contribution >= 0.6 is 11.3 Å². The van der Waals surface area contributed by atoms with Gasteiger partial charge in [0.15, 0.2) is 4.96 Å². The molecule has 2 heterocycles. The van der Waals surface area contributed by atoms with Gasteiger partial charge in [0.25, 0.3) is 5.91 Å². The Balaban J connectivity index is 1.64. The van der Waals surface area contributed by atoms with E-state index in [1.54, 1.807) is 7.11 Å². The summed E-state index contributed by atoms with van der Waals surface area (Å²) in [5.41, 5.74) is 4.34. The number of fused-ring (bicyclic) bond motifs is 1. The number of rotatable bonds is 5. The molecular formula is C21H19N3O2S. The zero-order valence-corrected chi connectivity index (χ0v) is 15.9. The lowest BCUT2D eigenvalue weighted by Gasteiger charge is -2.09. The third-order valence-electron chi connectivity index (χ3n) is 4.47. The molecule has 0 aliphatic heterocycles. The van der Waals surface area contributed by atoms with E-state index < -0.39 is 0 Å². The van der Waals surface area contributed by atoms with E-state index in [0.717, 1.165) is 39.6 Å². The van der Waals surface area contributed by atoms with Crippen molar-refractivity contribution in [1.82, 2.24) is 9.38 Å². The highest BCUT2D eigenvalue weighted by Crippen LogP contribution is 2.26. The number of nitrogens with one attached hydrogen (secondary N) is 1. The first kappa shape index (κ1) is 17.3. The van der Waals surface area contributed by atoms with Gasteiger partial charge in [-0.3, -0.25) is 9.20 Å². The summed E-state index contributed by atoms with van der Waals surface area (Å²) in [4.78, 5) is 18.2. The summed E-state index contributed by atoms with van der Waals surface area (Å²) in [5.74, 6) is 0.662. The van der Waals surface area contributed by atoms with Crippen LogP contribution in [0.3, 0.4) is 0 Å². The molecule has 0 bridgehead atoms. The summed E-state index contributed by atoms with van der Waals surface area (Å²) in [6, 6.07) is 15.6. The zero-order chi connectivity index (χ0) is 18.8. The Morgan fingerprint density at radius 1 is 1.19 bits per heavy atom. The number of imidazole rings is 1. The fourth-order valence-electron chi connectivity index (χ4n) is 2.98. The van der Waals surface area contributed by atoms with Crippen molar-refractivity contribution >= 4 is 27.9 Å². The second-order valence-electron chi connectivity index (χ2n) is 6.09. The fourth-order valence-corrected chi connectivity index (χ4v) is 3.84. The molecule has 0 radical (unpaired) electrons. The number of amides is 1. The van der Waals surface area contributed by atoms with Gasteiger partial charge in [0.05, 0.1) is 12.8 Å². The van der Waals surface area contributed by atoms with Crippen molar-refractivity contribution in [3.05, 3.63) is 71.4 Å². The summed E-state index contributed by atoms with van der Waals surface area (Å²) in [7, 11) is 1.64. The molecule has 136 valence electrons. The minimum atomic E-state index is -0.138. The lowest BCUT2D eigenvalue weighted by atomic mass is 10.1. The van der Waals surface area contributed by atoms with Crippen LogP contribution in [0, 0.1) is 0 Å². The Bertz CT molecular complexity index is 1100. The predicted molar refractivity (Wildman–Crippen MR) is 109 cm³/mol. The first-order valence-corrected chi connectivity index (χ1v) is 9.58. The number of aromatic nitrogens is 2. The van der Waals surface area contributed by atoms with Crippen LogP contribution in [0.25, 0.3) is 16.2 Å². The number of hydrogen-bond donors (Lipinski definition) is 1. The van der Waals surface area contributed by atoms with Gasteiger partial charge < -0.3 is 10.1 Å². The SMILES string of the molecule is CCc1ccccc1NC(=O)c1csc2nc(-c3ccc(OC)cc3)cn12. The third-order valence-corrected chi connectivity index (χ3v) is 5.31. The Kier molecular flexibility index (Phi) is 4.64. The van der Waals surface area contributed by atoms with E-state index in [0.29, 0.717) is 5.69 Å². The molecule has 27 heavy (non-hydrogen) atoms. The molecule has 0 spiro atoms. The fraction of sp³-hybridized carbons (Fsp3) is 0.143. The molecule has 0 unspecified atom stereocenters. The molecule has 2 aromatic heterocycles. The van der Waals surface area contributed by atoms with Crippen LogP contribution in [-0.2, 0) is 6.42 Å². The number of carbonyl (C=O) groups is 1. The van der Waals surface area contributed by atoms with Gasteiger partial charge in [-0.2, -0.15) is 0 Å². The largest absolute Gasteiger partial charge is 0.497 e.